The summed E-state index contributed by atoms with van der Waals surface area (Å²) >= 11 is 3.45. The van der Waals surface area contributed by atoms with E-state index in [-0.39, 0.29) is 5.69 Å². The van der Waals surface area contributed by atoms with Crippen LogP contribution in [0.25, 0.3) is 5.69 Å². The Morgan fingerprint density at radius 2 is 2.05 bits per heavy atom. The number of benzene rings is 1. The van der Waals surface area contributed by atoms with Crippen molar-refractivity contribution in [2.75, 3.05) is 7.11 Å². The van der Waals surface area contributed by atoms with E-state index < -0.39 is 11.4 Å². The summed E-state index contributed by atoms with van der Waals surface area (Å²) in [5.74, 6) is -0.740. The minimum atomic E-state index is -0.740. The highest BCUT2D eigenvalue weighted by Gasteiger charge is 2.16. The van der Waals surface area contributed by atoms with Crippen molar-refractivity contribution in [2.45, 2.75) is 13.8 Å². The molecule has 6 heteroatoms. The lowest BCUT2D eigenvalue weighted by Crippen LogP contribution is -2.24. The van der Waals surface area contributed by atoms with Gasteiger partial charge >= 0.3 is 5.97 Å². The molecule has 0 spiro atoms. The molecule has 0 unspecified atom stereocenters. The zero-order chi connectivity index (χ0) is 14.9. The first-order valence-corrected chi connectivity index (χ1v) is 6.68. The third-order valence-corrected chi connectivity index (χ3v) is 3.46. The van der Waals surface area contributed by atoms with E-state index in [9.17, 15) is 9.59 Å². The van der Waals surface area contributed by atoms with Gasteiger partial charge in [0.1, 0.15) is 0 Å². The van der Waals surface area contributed by atoms with E-state index in [4.69, 9.17) is 0 Å². The van der Waals surface area contributed by atoms with Crippen molar-refractivity contribution in [3.8, 4) is 5.69 Å². The monoisotopic (exact) mass is 336 g/mol. The lowest BCUT2D eigenvalue weighted by molar-refractivity contribution is 0.0590. The van der Waals surface area contributed by atoms with Crippen LogP contribution < -0.4 is 5.43 Å². The number of aromatic nitrogens is 2. The number of methoxy groups -OCH3 is 1. The Kier molecular flexibility index (Phi) is 4.04. The molecule has 5 nitrogen and oxygen atoms in total. The summed E-state index contributed by atoms with van der Waals surface area (Å²) in [6.07, 6.45) is 1.59. The maximum absolute atomic E-state index is 11.9. The van der Waals surface area contributed by atoms with E-state index >= 15 is 0 Å². The number of aryl methyl sites for hydroxylation is 2. The van der Waals surface area contributed by atoms with Crippen LogP contribution in [0.4, 0.5) is 0 Å². The summed E-state index contributed by atoms with van der Waals surface area (Å²) in [5, 5.41) is 4.06. The molecule has 0 aliphatic rings. The number of hydrogen-bond donors (Lipinski definition) is 0. The van der Waals surface area contributed by atoms with Crippen molar-refractivity contribution in [2.24, 2.45) is 0 Å². The topological polar surface area (TPSA) is 61.2 Å². The highest BCUT2D eigenvalue weighted by molar-refractivity contribution is 9.10. The molecule has 0 saturated heterocycles. The number of halogens is 1. The molecule has 0 N–H and O–H groups in total. The Hall–Kier alpha value is -1.95. The normalized spacial score (nSPS) is 10.4. The average Bonchev–Trinajstić information content (AvgIpc) is 2.41. The van der Waals surface area contributed by atoms with Gasteiger partial charge < -0.3 is 4.74 Å². The number of hydrogen-bond acceptors (Lipinski definition) is 4. The minimum absolute atomic E-state index is 0.222. The second-order valence-corrected chi connectivity index (χ2v) is 5.24. The van der Waals surface area contributed by atoms with Crippen molar-refractivity contribution in [3.05, 3.63) is 55.9 Å². The zero-order valence-corrected chi connectivity index (χ0v) is 12.9. The van der Waals surface area contributed by atoms with Crippen molar-refractivity contribution >= 4 is 21.9 Å². The van der Waals surface area contributed by atoms with Crippen molar-refractivity contribution in [1.82, 2.24) is 9.78 Å². The molecule has 1 heterocycles. The fraction of sp³-hybridized carbons (Fsp3) is 0.214. The van der Waals surface area contributed by atoms with Crippen molar-refractivity contribution in [3.63, 3.8) is 0 Å². The van der Waals surface area contributed by atoms with Crippen LogP contribution in [-0.2, 0) is 4.74 Å². The Balaban J connectivity index is 2.67. The predicted molar refractivity (Wildman–Crippen MR) is 78.3 cm³/mol. The van der Waals surface area contributed by atoms with E-state index in [1.807, 2.05) is 25.1 Å². The Bertz CT molecular complexity index is 738. The van der Waals surface area contributed by atoms with Crippen LogP contribution in [0.15, 0.2) is 33.7 Å². The lowest BCUT2D eigenvalue weighted by Gasteiger charge is -2.10. The lowest BCUT2D eigenvalue weighted by atomic mass is 10.2. The van der Waals surface area contributed by atoms with Crippen LogP contribution in [0.2, 0.25) is 0 Å². The first kappa shape index (κ1) is 14.5. The molecule has 2 aromatic rings. The molecule has 1 aromatic carbocycles. The highest BCUT2D eigenvalue weighted by atomic mass is 79.9. The smallest absolute Gasteiger partial charge is 0.362 e. The molecule has 104 valence electrons. The Labute approximate surface area is 124 Å². The van der Waals surface area contributed by atoms with E-state index in [1.165, 1.54) is 11.8 Å². The van der Waals surface area contributed by atoms with Crippen LogP contribution in [0.3, 0.4) is 0 Å². The van der Waals surface area contributed by atoms with Gasteiger partial charge in [-0.05, 0) is 47.5 Å². The molecule has 0 aliphatic heterocycles. The van der Waals surface area contributed by atoms with Gasteiger partial charge in [0.15, 0.2) is 0 Å². The summed E-state index contributed by atoms with van der Waals surface area (Å²) in [6.45, 7) is 3.60. The third kappa shape index (κ3) is 2.65. The van der Waals surface area contributed by atoms with Gasteiger partial charge in [0.05, 0.1) is 12.8 Å². The van der Waals surface area contributed by atoms with E-state index in [1.54, 1.807) is 13.1 Å². The molecule has 0 bridgehead atoms. The first-order chi connectivity index (χ1) is 9.43. The number of rotatable bonds is 2. The predicted octanol–water partition coefficient (Wildman–Crippen LogP) is 2.40. The summed E-state index contributed by atoms with van der Waals surface area (Å²) in [5.41, 5.74) is 1.61. The molecular formula is C14H13BrN2O3. The SMILES string of the molecule is COC(=O)c1nn(-c2ccc(C)cc2Br)cc(C)c1=O. The van der Waals surface area contributed by atoms with Gasteiger partial charge in [-0.25, -0.2) is 9.48 Å². The number of esters is 1. The van der Waals surface area contributed by atoms with E-state index in [0.717, 1.165) is 15.7 Å². The largest absolute Gasteiger partial charge is 0.464 e. The highest BCUT2D eigenvalue weighted by Crippen LogP contribution is 2.21. The van der Waals surface area contributed by atoms with Crippen LogP contribution >= 0.6 is 15.9 Å². The number of nitrogens with zero attached hydrogens (tertiary/aromatic N) is 2. The van der Waals surface area contributed by atoms with Gasteiger partial charge in [0, 0.05) is 16.2 Å². The molecular weight excluding hydrogens is 324 g/mol. The zero-order valence-electron chi connectivity index (χ0n) is 11.3. The summed E-state index contributed by atoms with van der Waals surface area (Å²) in [4.78, 5) is 23.5. The average molecular weight is 337 g/mol. The molecule has 20 heavy (non-hydrogen) atoms. The van der Waals surface area contributed by atoms with Crippen molar-refractivity contribution in [1.29, 1.82) is 0 Å². The van der Waals surface area contributed by atoms with E-state index in [0.29, 0.717) is 5.56 Å². The summed E-state index contributed by atoms with van der Waals surface area (Å²) < 4.78 is 6.90. The van der Waals surface area contributed by atoms with Crippen molar-refractivity contribution < 1.29 is 9.53 Å². The standard InChI is InChI=1S/C14H13BrN2O3/c1-8-4-5-11(10(15)6-8)17-7-9(2)13(18)12(16-17)14(19)20-3/h4-7H,1-3H3. The second-order valence-electron chi connectivity index (χ2n) is 4.38. The van der Waals surface area contributed by atoms with Gasteiger partial charge in [-0.2, -0.15) is 5.10 Å². The molecule has 0 saturated carbocycles. The molecule has 2 rings (SSSR count). The molecule has 0 atom stereocenters. The molecule has 0 aliphatic carbocycles. The van der Waals surface area contributed by atoms with E-state index in [2.05, 4.69) is 25.8 Å². The van der Waals surface area contributed by atoms with Crippen LogP contribution in [0.5, 0.6) is 0 Å². The number of ether oxygens (including phenoxy) is 1. The Morgan fingerprint density at radius 3 is 2.65 bits per heavy atom. The molecule has 1 aromatic heterocycles. The van der Waals surface area contributed by atoms with Gasteiger partial charge in [-0.3, -0.25) is 4.79 Å². The van der Waals surface area contributed by atoms with Gasteiger partial charge in [0.25, 0.3) is 0 Å². The minimum Gasteiger partial charge on any atom is -0.464 e. The summed E-state index contributed by atoms with van der Waals surface area (Å²) in [7, 11) is 1.22. The fourth-order valence-corrected chi connectivity index (χ4v) is 2.44. The Morgan fingerprint density at radius 1 is 1.35 bits per heavy atom. The van der Waals surface area contributed by atoms with Crippen LogP contribution in [-0.4, -0.2) is 22.9 Å². The van der Waals surface area contributed by atoms with Gasteiger partial charge in [-0.1, -0.05) is 6.07 Å². The van der Waals surface area contributed by atoms with Gasteiger partial charge in [-0.15, -0.1) is 0 Å². The fourth-order valence-electron chi connectivity index (χ4n) is 1.76. The molecule has 0 amide bonds. The maximum atomic E-state index is 11.9. The maximum Gasteiger partial charge on any atom is 0.362 e. The number of carbonyl (C=O) groups is 1. The van der Waals surface area contributed by atoms with Crippen LogP contribution in [0, 0.1) is 13.8 Å². The molecule has 0 radical (unpaired) electrons. The number of carbonyl (C=O) groups excluding carboxylic acids is 1. The first-order valence-electron chi connectivity index (χ1n) is 5.89. The summed E-state index contributed by atoms with van der Waals surface area (Å²) in [6, 6.07) is 5.71. The van der Waals surface area contributed by atoms with Crippen LogP contribution in [0.1, 0.15) is 21.6 Å². The molecule has 0 fully saturated rings. The van der Waals surface area contributed by atoms with Gasteiger partial charge in [0.2, 0.25) is 11.1 Å². The third-order valence-electron chi connectivity index (χ3n) is 2.83. The second kappa shape index (κ2) is 5.58. The quantitative estimate of drug-likeness (QED) is 0.790.